The van der Waals surface area contributed by atoms with E-state index in [0.29, 0.717) is 19.0 Å². The fourth-order valence-electron chi connectivity index (χ4n) is 2.74. The number of nitrogens with one attached hydrogen (secondary N) is 1. The second kappa shape index (κ2) is 6.98. The van der Waals surface area contributed by atoms with E-state index in [-0.39, 0.29) is 12.1 Å². The van der Waals surface area contributed by atoms with Gasteiger partial charge in [-0.25, -0.2) is 4.79 Å². The monoisotopic (exact) mass is 342 g/mol. The molecule has 1 aromatic carbocycles. The Labute approximate surface area is 146 Å². The molecule has 0 saturated heterocycles. The molecule has 1 aliphatic rings. The number of urea groups is 1. The van der Waals surface area contributed by atoms with Crippen molar-refractivity contribution in [2.75, 3.05) is 7.05 Å². The number of nitrogens with zero attached hydrogens (tertiary/aromatic N) is 3. The van der Waals surface area contributed by atoms with Gasteiger partial charge in [-0.3, -0.25) is 4.68 Å². The fraction of sp³-hybridized carbons (Fsp3) is 0.333. The molecule has 1 aliphatic carbocycles. The van der Waals surface area contributed by atoms with Gasteiger partial charge in [0.25, 0.3) is 0 Å². The molecule has 2 atom stereocenters. The second-order valence-electron chi connectivity index (χ2n) is 6.06. The predicted molar refractivity (Wildman–Crippen MR) is 93.7 cm³/mol. The van der Waals surface area contributed by atoms with Gasteiger partial charge in [-0.1, -0.05) is 29.7 Å². The minimum absolute atomic E-state index is 0.0887. The van der Waals surface area contributed by atoms with Crippen molar-refractivity contribution in [1.82, 2.24) is 20.0 Å². The number of amides is 2. The molecule has 0 radical (unpaired) electrons. The SMILES string of the molecule is C#CCn1cc(CN(C)C(=O)N[C@@H]2C[C@@H]2c2cccc(Cl)c2)cn1. The molecule has 124 valence electrons. The molecule has 0 spiro atoms. The van der Waals surface area contributed by atoms with Crippen LogP contribution in [0.4, 0.5) is 4.79 Å². The van der Waals surface area contributed by atoms with Crippen LogP contribution in [0.1, 0.15) is 23.5 Å². The van der Waals surface area contributed by atoms with Gasteiger partial charge >= 0.3 is 6.03 Å². The van der Waals surface area contributed by atoms with Crippen LogP contribution in [0.15, 0.2) is 36.7 Å². The molecular weight excluding hydrogens is 324 g/mol. The molecule has 1 N–H and O–H groups in total. The van der Waals surface area contributed by atoms with Gasteiger partial charge < -0.3 is 10.2 Å². The lowest BCUT2D eigenvalue weighted by atomic mass is 10.1. The Hall–Kier alpha value is -2.45. The van der Waals surface area contributed by atoms with Crippen LogP contribution in [-0.4, -0.2) is 33.8 Å². The van der Waals surface area contributed by atoms with E-state index < -0.39 is 0 Å². The minimum Gasteiger partial charge on any atom is -0.335 e. The maximum absolute atomic E-state index is 12.3. The maximum Gasteiger partial charge on any atom is 0.317 e. The lowest BCUT2D eigenvalue weighted by molar-refractivity contribution is 0.206. The average molecular weight is 343 g/mol. The first-order chi connectivity index (χ1) is 11.6. The molecule has 0 bridgehead atoms. The van der Waals surface area contributed by atoms with Gasteiger partial charge in [0, 0.05) is 35.8 Å². The van der Waals surface area contributed by atoms with Crippen LogP contribution in [0.3, 0.4) is 0 Å². The molecule has 0 unspecified atom stereocenters. The number of aromatic nitrogens is 2. The van der Waals surface area contributed by atoms with Crippen molar-refractivity contribution in [2.24, 2.45) is 0 Å². The van der Waals surface area contributed by atoms with Crippen molar-refractivity contribution < 1.29 is 4.79 Å². The van der Waals surface area contributed by atoms with E-state index in [1.54, 1.807) is 22.8 Å². The summed E-state index contributed by atoms with van der Waals surface area (Å²) in [5.41, 5.74) is 2.12. The van der Waals surface area contributed by atoms with Crippen LogP contribution >= 0.6 is 11.6 Å². The Kier molecular flexibility index (Phi) is 4.77. The van der Waals surface area contributed by atoms with Crippen molar-refractivity contribution in [3.05, 3.63) is 52.8 Å². The number of rotatable bonds is 5. The molecule has 3 rings (SSSR count). The number of hydrogen-bond acceptors (Lipinski definition) is 2. The maximum atomic E-state index is 12.3. The Morgan fingerprint density at radius 1 is 1.58 bits per heavy atom. The highest BCUT2D eigenvalue weighted by Gasteiger charge is 2.40. The number of carbonyl (C=O) groups excluding carboxylic acids is 1. The second-order valence-corrected chi connectivity index (χ2v) is 6.50. The van der Waals surface area contributed by atoms with E-state index in [9.17, 15) is 4.79 Å². The summed E-state index contributed by atoms with van der Waals surface area (Å²) < 4.78 is 1.68. The average Bonchev–Trinajstić information content (AvgIpc) is 3.18. The van der Waals surface area contributed by atoms with Crippen molar-refractivity contribution in [3.63, 3.8) is 0 Å². The molecular formula is C18H19ClN4O. The number of terminal acetylenes is 1. The van der Waals surface area contributed by atoms with Gasteiger partial charge in [-0.2, -0.15) is 5.10 Å². The van der Waals surface area contributed by atoms with Gasteiger partial charge in [0.05, 0.1) is 12.7 Å². The van der Waals surface area contributed by atoms with Gasteiger partial charge in [0.2, 0.25) is 0 Å². The lowest BCUT2D eigenvalue weighted by Gasteiger charge is -2.17. The standard InChI is InChI=1S/C18H19ClN4O/c1-3-7-23-12-13(10-20-23)11-22(2)18(24)21-17-9-16(17)14-5-4-6-15(19)8-14/h1,4-6,8,10,12,16-17H,7,9,11H2,2H3,(H,21,24)/t16-,17-/m1/s1. The van der Waals surface area contributed by atoms with Crippen LogP contribution < -0.4 is 5.32 Å². The molecule has 0 aliphatic heterocycles. The van der Waals surface area contributed by atoms with Gasteiger partial charge in [0.15, 0.2) is 0 Å². The third-order valence-corrected chi connectivity index (χ3v) is 4.32. The van der Waals surface area contributed by atoms with Crippen molar-refractivity contribution in [1.29, 1.82) is 0 Å². The number of hydrogen-bond donors (Lipinski definition) is 1. The Bertz CT molecular complexity index is 779. The van der Waals surface area contributed by atoms with Gasteiger partial charge in [-0.15, -0.1) is 6.42 Å². The molecule has 6 heteroatoms. The molecule has 1 aromatic heterocycles. The largest absolute Gasteiger partial charge is 0.335 e. The lowest BCUT2D eigenvalue weighted by Crippen LogP contribution is -2.38. The zero-order valence-electron chi connectivity index (χ0n) is 13.4. The summed E-state index contributed by atoms with van der Waals surface area (Å²) in [5, 5.41) is 7.94. The van der Waals surface area contributed by atoms with Crippen molar-refractivity contribution in [3.8, 4) is 12.3 Å². The first-order valence-corrected chi connectivity index (χ1v) is 8.16. The molecule has 2 amide bonds. The van der Waals surface area contributed by atoms with E-state index in [2.05, 4.69) is 16.3 Å². The minimum atomic E-state index is -0.0887. The topological polar surface area (TPSA) is 50.2 Å². The van der Waals surface area contributed by atoms with Crippen LogP contribution in [0.25, 0.3) is 0 Å². The van der Waals surface area contributed by atoms with Crippen LogP contribution in [0.5, 0.6) is 0 Å². The van der Waals surface area contributed by atoms with Gasteiger partial charge in [-0.05, 0) is 24.1 Å². The molecule has 5 nitrogen and oxygen atoms in total. The first-order valence-electron chi connectivity index (χ1n) is 7.78. The van der Waals surface area contributed by atoms with E-state index in [4.69, 9.17) is 18.0 Å². The van der Waals surface area contributed by atoms with E-state index in [1.165, 1.54) is 5.56 Å². The quantitative estimate of drug-likeness (QED) is 0.849. The Morgan fingerprint density at radius 3 is 3.17 bits per heavy atom. The first kappa shape index (κ1) is 16.4. The normalized spacial score (nSPS) is 18.7. The van der Waals surface area contributed by atoms with Crippen LogP contribution in [0, 0.1) is 12.3 Å². The van der Waals surface area contributed by atoms with Crippen molar-refractivity contribution in [2.45, 2.75) is 31.5 Å². The summed E-state index contributed by atoms with van der Waals surface area (Å²) in [6, 6.07) is 7.88. The summed E-state index contributed by atoms with van der Waals surface area (Å²) in [5.74, 6) is 2.88. The third kappa shape index (κ3) is 3.90. The Morgan fingerprint density at radius 2 is 2.42 bits per heavy atom. The number of benzene rings is 1. The summed E-state index contributed by atoms with van der Waals surface area (Å²) in [7, 11) is 1.77. The molecule has 1 fully saturated rings. The van der Waals surface area contributed by atoms with E-state index in [1.807, 2.05) is 30.5 Å². The third-order valence-electron chi connectivity index (χ3n) is 4.08. The van der Waals surface area contributed by atoms with E-state index >= 15 is 0 Å². The highest BCUT2D eigenvalue weighted by atomic mass is 35.5. The summed E-state index contributed by atoms with van der Waals surface area (Å²) in [4.78, 5) is 13.9. The predicted octanol–water partition coefficient (Wildman–Crippen LogP) is 2.87. The highest BCUT2D eigenvalue weighted by Crippen LogP contribution is 2.41. The number of halogens is 1. The zero-order chi connectivity index (χ0) is 17.1. The van der Waals surface area contributed by atoms with Crippen LogP contribution in [0.2, 0.25) is 5.02 Å². The molecule has 24 heavy (non-hydrogen) atoms. The molecule has 1 saturated carbocycles. The highest BCUT2D eigenvalue weighted by molar-refractivity contribution is 6.30. The summed E-state index contributed by atoms with van der Waals surface area (Å²) >= 11 is 6.02. The van der Waals surface area contributed by atoms with Crippen molar-refractivity contribution >= 4 is 17.6 Å². The summed E-state index contributed by atoms with van der Waals surface area (Å²) in [6.07, 6.45) is 9.79. The van der Waals surface area contributed by atoms with Crippen LogP contribution in [-0.2, 0) is 13.1 Å². The molecule has 2 aromatic rings. The smallest absolute Gasteiger partial charge is 0.317 e. The zero-order valence-corrected chi connectivity index (χ0v) is 14.2. The molecule has 1 heterocycles. The fourth-order valence-corrected chi connectivity index (χ4v) is 2.94. The van der Waals surface area contributed by atoms with Gasteiger partial charge in [0.1, 0.15) is 6.54 Å². The Balaban J connectivity index is 1.51. The number of carbonyl (C=O) groups is 1. The van der Waals surface area contributed by atoms with E-state index in [0.717, 1.165) is 17.0 Å². The summed E-state index contributed by atoms with van der Waals surface area (Å²) in [6.45, 7) is 0.921.